The molecule has 0 bridgehead atoms. The molecule has 0 heterocycles. The largest absolute Gasteiger partial charge is 0.478 e. The molecule has 1 unspecified atom stereocenters. The van der Waals surface area contributed by atoms with E-state index in [0.29, 0.717) is 0 Å². The SMILES string of the molecule is CNC(C)(COC)C(=O)NCC(=O)N(C)[C@H](/C=C(\C)C(=O)O)C(C)C. The lowest BCUT2D eigenvalue weighted by Gasteiger charge is -2.31. The maximum atomic E-state index is 12.4. The first-order valence-electron chi connectivity index (χ1n) is 8.13. The number of hydrogen-bond acceptors (Lipinski definition) is 5. The first-order valence-corrected chi connectivity index (χ1v) is 8.13. The number of carboxylic acids is 1. The van der Waals surface area contributed by atoms with Crippen molar-refractivity contribution in [2.75, 3.05) is 34.4 Å². The van der Waals surface area contributed by atoms with Crippen LogP contribution in [0.4, 0.5) is 0 Å². The number of amides is 2. The average molecular weight is 357 g/mol. The molecule has 0 spiro atoms. The van der Waals surface area contributed by atoms with E-state index in [-0.39, 0.29) is 42.5 Å². The number of ether oxygens (including phenoxy) is 1. The summed E-state index contributed by atoms with van der Waals surface area (Å²) in [5.41, 5.74) is -0.768. The lowest BCUT2D eigenvalue weighted by molar-refractivity contribution is -0.136. The summed E-state index contributed by atoms with van der Waals surface area (Å²) in [6, 6.07) is -0.379. The molecule has 3 N–H and O–H groups in total. The molecule has 25 heavy (non-hydrogen) atoms. The molecule has 2 atom stereocenters. The van der Waals surface area contributed by atoms with Crippen molar-refractivity contribution in [2.45, 2.75) is 39.3 Å². The maximum Gasteiger partial charge on any atom is 0.331 e. The highest BCUT2D eigenvalue weighted by Gasteiger charge is 2.32. The number of nitrogens with zero attached hydrogens (tertiary/aromatic N) is 1. The Balaban J connectivity index is 5.01. The molecular formula is C17H31N3O5. The van der Waals surface area contributed by atoms with Gasteiger partial charge in [-0.2, -0.15) is 0 Å². The van der Waals surface area contributed by atoms with Gasteiger partial charge in [-0.15, -0.1) is 0 Å². The van der Waals surface area contributed by atoms with Gasteiger partial charge in [-0.1, -0.05) is 19.9 Å². The minimum absolute atomic E-state index is 0.0232. The van der Waals surface area contributed by atoms with Crippen LogP contribution in [0.5, 0.6) is 0 Å². The molecule has 0 aromatic rings. The third-order valence-electron chi connectivity index (χ3n) is 4.17. The number of aliphatic carboxylic acids is 1. The molecule has 0 fully saturated rings. The summed E-state index contributed by atoms with van der Waals surface area (Å²) in [4.78, 5) is 37.1. The van der Waals surface area contributed by atoms with Gasteiger partial charge in [0.25, 0.3) is 0 Å². The summed E-state index contributed by atoms with van der Waals surface area (Å²) in [6.45, 7) is 6.94. The first kappa shape index (κ1) is 23.1. The van der Waals surface area contributed by atoms with E-state index in [4.69, 9.17) is 9.84 Å². The molecule has 0 saturated carbocycles. The molecule has 0 rings (SSSR count). The quantitative estimate of drug-likeness (QED) is 0.484. The molecule has 0 aromatic carbocycles. The lowest BCUT2D eigenvalue weighted by Crippen LogP contribution is -2.58. The smallest absolute Gasteiger partial charge is 0.331 e. The fourth-order valence-electron chi connectivity index (χ4n) is 2.26. The minimum Gasteiger partial charge on any atom is -0.478 e. The van der Waals surface area contributed by atoms with E-state index in [1.54, 1.807) is 27.1 Å². The van der Waals surface area contributed by atoms with Crippen LogP contribution in [0.2, 0.25) is 0 Å². The third kappa shape index (κ3) is 6.83. The van der Waals surface area contributed by atoms with Crippen molar-refractivity contribution in [2.24, 2.45) is 5.92 Å². The van der Waals surface area contributed by atoms with E-state index < -0.39 is 11.5 Å². The molecule has 144 valence electrons. The molecule has 0 aliphatic carbocycles. The Bertz CT molecular complexity index is 518. The van der Waals surface area contributed by atoms with E-state index in [2.05, 4.69) is 10.6 Å². The van der Waals surface area contributed by atoms with Crippen LogP contribution in [-0.4, -0.2) is 73.7 Å². The van der Waals surface area contributed by atoms with Crippen molar-refractivity contribution >= 4 is 17.8 Å². The number of methoxy groups -OCH3 is 1. The normalized spacial score (nSPS) is 15.4. The molecule has 0 aliphatic heterocycles. The highest BCUT2D eigenvalue weighted by atomic mass is 16.5. The van der Waals surface area contributed by atoms with Gasteiger partial charge in [0.15, 0.2) is 0 Å². The summed E-state index contributed by atoms with van der Waals surface area (Å²) in [5.74, 6) is -1.66. The molecule has 8 nitrogen and oxygen atoms in total. The van der Waals surface area contributed by atoms with Crippen molar-refractivity contribution in [1.82, 2.24) is 15.5 Å². The number of hydrogen-bond donors (Lipinski definition) is 3. The van der Waals surface area contributed by atoms with Crippen molar-refractivity contribution in [3.8, 4) is 0 Å². The number of carbonyl (C=O) groups excluding carboxylic acids is 2. The number of rotatable bonds is 10. The highest BCUT2D eigenvalue weighted by molar-refractivity contribution is 5.90. The van der Waals surface area contributed by atoms with E-state index in [9.17, 15) is 14.4 Å². The predicted octanol–water partition coefficient (Wildman–Crippen LogP) is 0.241. The Morgan fingerprint density at radius 3 is 2.28 bits per heavy atom. The average Bonchev–Trinajstić information content (AvgIpc) is 2.55. The molecule has 2 amide bonds. The lowest BCUT2D eigenvalue weighted by atomic mass is 10.00. The van der Waals surface area contributed by atoms with Crippen LogP contribution in [0.15, 0.2) is 11.6 Å². The number of nitrogens with one attached hydrogen (secondary N) is 2. The molecular weight excluding hydrogens is 326 g/mol. The topological polar surface area (TPSA) is 108 Å². The van der Waals surface area contributed by atoms with E-state index >= 15 is 0 Å². The van der Waals surface area contributed by atoms with Crippen LogP contribution in [0, 0.1) is 5.92 Å². The fraction of sp³-hybridized carbons (Fsp3) is 0.706. The van der Waals surface area contributed by atoms with Crippen molar-refractivity contribution in [1.29, 1.82) is 0 Å². The third-order valence-corrected chi connectivity index (χ3v) is 4.17. The number of likely N-dealkylation sites (N-methyl/N-ethyl adjacent to an activating group) is 2. The summed E-state index contributed by atoms with van der Waals surface area (Å²) in [5, 5.41) is 14.5. The second-order valence-electron chi connectivity index (χ2n) is 6.59. The van der Waals surface area contributed by atoms with E-state index in [1.165, 1.54) is 18.9 Å². The Morgan fingerprint density at radius 2 is 1.88 bits per heavy atom. The van der Waals surface area contributed by atoms with Crippen LogP contribution in [0.1, 0.15) is 27.7 Å². The second kappa shape index (κ2) is 10.1. The van der Waals surface area contributed by atoms with Crippen LogP contribution in [0.3, 0.4) is 0 Å². The number of carbonyl (C=O) groups is 3. The molecule has 0 aromatic heterocycles. The Hall–Kier alpha value is -1.93. The first-order chi connectivity index (χ1) is 11.5. The Kier molecular flexibility index (Phi) is 9.37. The monoisotopic (exact) mass is 357 g/mol. The highest BCUT2D eigenvalue weighted by Crippen LogP contribution is 2.13. The van der Waals surface area contributed by atoms with Crippen molar-refractivity contribution in [3.05, 3.63) is 11.6 Å². The zero-order valence-corrected chi connectivity index (χ0v) is 16.2. The van der Waals surface area contributed by atoms with Gasteiger partial charge >= 0.3 is 5.97 Å². The van der Waals surface area contributed by atoms with Gasteiger partial charge in [-0.25, -0.2) is 4.79 Å². The summed E-state index contributed by atoms with van der Waals surface area (Å²) in [6.07, 6.45) is 1.55. The van der Waals surface area contributed by atoms with Gasteiger partial charge < -0.3 is 25.4 Å². The maximum absolute atomic E-state index is 12.4. The van der Waals surface area contributed by atoms with Gasteiger partial charge in [-0.3, -0.25) is 9.59 Å². The zero-order valence-electron chi connectivity index (χ0n) is 16.2. The van der Waals surface area contributed by atoms with Gasteiger partial charge in [0.05, 0.1) is 19.2 Å². The van der Waals surface area contributed by atoms with E-state index in [1.807, 2.05) is 13.8 Å². The standard InChI is InChI=1S/C17H31N3O5/c1-11(2)13(8-12(3)15(22)23)20(6)14(21)9-19-16(24)17(4,18-5)10-25-7/h8,11,13,18H,9-10H2,1-7H3,(H,19,24)(H,22,23)/b12-8+/t13-,17?/m1/s1. The molecule has 0 aliphatic rings. The van der Waals surface area contributed by atoms with Crippen LogP contribution < -0.4 is 10.6 Å². The Morgan fingerprint density at radius 1 is 1.32 bits per heavy atom. The minimum atomic E-state index is -1.02. The van der Waals surface area contributed by atoms with Crippen molar-refractivity contribution in [3.63, 3.8) is 0 Å². The molecule has 0 saturated heterocycles. The van der Waals surface area contributed by atoms with Crippen molar-refractivity contribution < 1.29 is 24.2 Å². The van der Waals surface area contributed by atoms with Gasteiger partial charge in [-0.05, 0) is 26.8 Å². The summed E-state index contributed by atoms with van der Waals surface area (Å²) >= 11 is 0. The van der Waals surface area contributed by atoms with Crippen LogP contribution in [0.25, 0.3) is 0 Å². The summed E-state index contributed by atoms with van der Waals surface area (Å²) < 4.78 is 5.03. The van der Waals surface area contributed by atoms with Crippen LogP contribution >= 0.6 is 0 Å². The molecule has 0 radical (unpaired) electrons. The fourth-order valence-corrected chi connectivity index (χ4v) is 2.26. The summed E-state index contributed by atoms with van der Waals surface area (Å²) in [7, 11) is 4.73. The van der Waals surface area contributed by atoms with E-state index in [0.717, 1.165) is 0 Å². The van der Waals surface area contributed by atoms with Gasteiger partial charge in [0.2, 0.25) is 11.8 Å². The number of carboxylic acid groups (broad SMARTS) is 1. The Labute approximate surface area is 149 Å². The predicted molar refractivity (Wildman–Crippen MR) is 95.1 cm³/mol. The zero-order chi connectivity index (χ0) is 19.8. The molecule has 8 heteroatoms. The van der Waals surface area contributed by atoms with Gasteiger partial charge in [0, 0.05) is 19.7 Å². The second-order valence-corrected chi connectivity index (χ2v) is 6.59. The van der Waals surface area contributed by atoms with Gasteiger partial charge in [0.1, 0.15) is 5.54 Å². The van der Waals surface area contributed by atoms with Crippen LogP contribution in [-0.2, 0) is 19.1 Å².